The summed E-state index contributed by atoms with van der Waals surface area (Å²) in [5, 5.41) is 0. The summed E-state index contributed by atoms with van der Waals surface area (Å²) in [6.07, 6.45) is 0.638. The number of halogens is 1. The lowest BCUT2D eigenvalue weighted by atomic mass is 10.2. The number of hydrogen-bond acceptors (Lipinski definition) is 2. The number of nitrogens with one attached hydrogen (secondary N) is 2. The molecule has 0 unspecified atom stereocenters. The van der Waals surface area contributed by atoms with Crippen LogP contribution in [-0.2, 0) is 22.2 Å². The van der Waals surface area contributed by atoms with Crippen molar-refractivity contribution in [3.8, 4) is 0 Å². The van der Waals surface area contributed by atoms with Crippen molar-refractivity contribution in [2.45, 2.75) is 26.0 Å². The van der Waals surface area contributed by atoms with Gasteiger partial charge in [0.15, 0.2) is 0 Å². The Morgan fingerprint density at radius 1 is 1.19 bits per heavy atom. The molecule has 0 bridgehead atoms. The van der Waals surface area contributed by atoms with Crippen molar-refractivity contribution in [3.63, 3.8) is 0 Å². The Balaban J connectivity index is 1.89. The molecule has 0 amide bonds. The maximum Gasteiger partial charge on any atom is 0.215 e. The van der Waals surface area contributed by atoms with E-state index in [1.807, 2.05) is 19.9 Å². The SMILES string of the molecule is Cc1cc(CCNS(=O)(=O)Cc2ccc(F)cc2)c(C)[nH]1. The largest absolute Gasteiger partial charge is 0.362 e. The molecule has 4 nitrogen and oxygen atoms in total. The van der Waals surface area contributed by atoms with E-state index in [0.717, 1.165) is 17.0 Å². The Kier molecular flexibility index (Phi) is 4.80. The van der Waals surface area contributed by atoms with Gasteiger partial charge >= 0.3 is 0 Å². The number of hydrogen-bond donors (Lipinski definition) is 2. The maximum absolute atomic E-state index is 12.8. The predicted octanol–water partition coefficient (Wildman–Crippen LogP) is 2.43. The van der Waals surface area contributed by atoms with Crippen LogP contribution in [0.15, 0.2) is 30.3 Å². The van der Waals surface area contributed by atoms with Gasteiger partial charge in [-0.1, -0.05) is 12.1 Å². The summed E-state index contributed by atoms with van der Waals surface area (Å²) in [6, 6.07) is 7.50. The molecular formula is C15H19FN2O2S. The van der Waals surface area contributed by atoms with E-state index in [4.69, 9.17) is 0 Å². The van der Waals surface area contributed by atoms with Crippen molar-refractivity contribution in [2.24, 2.45) is 0 Å². The second-order valence-electron chi connectivity index (χ2n) is 5.13. The quantitative estimate of drug-likeness (QED) is 0.861. The molecule has 1 aromatic heterocycles. The average molecular weight is 310 g/mol. The summed E-state index contributed by atoms with van der Waals surface area (Å²) in [5.74, 6) is -0.513. The molecule has 0 fully saturated rings. The summed E-state index contributed by atoms with van der Waals surface area (Å²) in [6.45, 7) is 4.28. The smallest absolute Gasteiger partial charge is 0.215 e. The molecule has 0 atom stereocenters. The molecule has 0 saturated heterocycles. The molecule has 114 valence electrons. The standard InChI is InChI=1S/C15H19FN2O2S/c1-11-9-14(12(2)18-11)7-8-17-21(19,20)10-13-3-5-15(16)6-4-13/h3-6,9,17-18H,7-8,10H2,1-2H3. The number of aryl methyl sites for hydroxylation is 2. The van der Waals surface area contributed by atoms with E-state index in [-0.39, 0.29) is 11.6 Å². The molecule has 1 aromatic carbocycles. The summed E-state index contributed by atoms with van der Waals surface area (Å²) in [5.41, 5.74) is 3.80. The number of rotatable bonds is 6. The van der Waals surface area contributed by atoms with Crippen molar-refractivity contribution in [1.29, 1.82) is 0 Å². The van der Waals surface area contributed by atoms with E-state index in [2.05, 4.69) is 9.71 Å². The van der Waals surface area contributed by atoms with Gasteiger partial charge in [0.2, 0.25) is 10.0 Å². The van der Waals surface area contributed by atoms with Gasteiger partial charge in [-0.05, 0) is 49.6 Å². The fourth-order valence-corrected chi connectivity index (χ4v) is 3.38. The van der Waals surface area contributed by atoms with Crippen LogP contribution in [0, 0.1) is 19.7 Å². The van der Waals surface area contributed by atoms with Crippen LogP contribution in [0.3, 0.4) is 0 Å². The molecule has 0 aliphatic carbocycles. The fraction of sp³-hybridized carbons (Fsp3) is 0.333. The summed E-state index contributed by atoms with van der Waals surface area (Å²) in [7, 11) is -3.41. The highest BCUT2D eigenvalue weighted by molar-refractivity contribution is 7.88. The molecule has 21 heavy (non-hydrogen) atoms. The van der Waals surface area contributed by atoms with E-state index < -0.39 is 10.0 Å². The van der Waals surface area contributed by atoms with Crippen molar-refractivity contribution in [3.05, 3.63) is 58.7 Å². The second-order valence-corrected chi connectivity index (χ2v) is 6.94. The third-order valence-corrected chi connectivity index (χ3v) is 4.60. The second kappa shape index (κ2) is 6.41. The molecule has 0 aliphatic heterocycles. The van der Waals surface area contributed by atoms with E-state index in [1.165, 1.54) is 24.3 Å². The van der Waals surface area contributed by atoms with Crippen molar-refractivity contribution < 1.29 is 12.8 Å². The average Bonchev–Trinajstić information content (AvgIpc) is 2.70. The lowest BCUT2D eigenvalue weighted by Crippen LogP contribution is -2.27. The van der Waals surface area contributed by atoms with Gasteiger partial charge in [0, 0.05) is 17.9 Å². The highest BCUT2D eigenvalue weighted by atomic mass is 32.2. The zero-order chi connectivity index (χ0) is 15.5. The molecule has 0 spiro atoms. The van der Waals surface area contributed by atoms with Gasteiger partial charge in [-0.15, -0.1) is 0 Å². The van der Waals surface area contributed by atoms with Gasteiger partial charge < -0.3 is 4.98 Å². The van der Waals surface area contributed by atoms with Crippen molar-refractivity contribution >= 4 is 10.0 Å². The Morgan fingerprint density at radius 2 is 1.86 bits per heavy atom. The van der Waals surface area contributed by atoms with Crippen molar-refractivity contribution in [2.75, 3.05) is 6.54 Å². The third-order valence-electron chi connectivity index (χ3n) is 3.24. The molecule has 2 N–H and O–H groups in total. The van der Waals surface area contributed by atoms with Crippen LogP contribution < -0.4 is 4.72 Å². The minimum absolute atomic E-state index is 0.140. The van der Waals surface area contributed by atoms with Gasteiger partial charge in [-0.25, -0.2) is 17.5 Å². The Hall–Kier alpha value is -1.66. The first-order valence-electron chi connectivity index (χ1n) is 6.72. The van der Waals surface area contributed by atoms with Crippen molar-refractivity contribution in [1.82, 2.24) is 9.71 Å². The highest BCUT2D eigenvalue weighted by Crippen LogP contribution is 2.10. The van der Waals surface area contributed by atoms with Gasteiger partial charge in [0.25, 0.3) is 0 Å². The third kappa shape index (κ3) is 4.68. The van der Waals surface area contributed by atoms with Crippen LogP contribution in [0.4, 0.5) is 4.39 Å². The Bertz CT molecular complexity index is 706. The van der Waals surface area contributed by atoms with Crippen LogP contribution >= 0.6 is 0 Å². The minimum Gasteiger partial charge on any atom is -0.362 e. The van der Waals surface area contributed by atoms with Crippen LogP contribution in [0.2, 0.25) is 0 Å². The zero-order valence-corrected chi connectivity index (χ0v) is 12.9. The minimum atomic E-state index is -3.41. The van der Waals surface area contributed by atoms with Gasteiger partial charge in [0.1, 0.15) is 5.82 Å². The molecule has 0 saturated carbocycles. The Morgan fingerprint density at radius 3 is 2.43 bits per heavy atom. The van der Waals surface area contributed by atoms with Gasteiger partial charge in [-0.3, -0.25) is 0 Å². The van der Waals surface area contributed by atoms with E-state index in [1.54, 1.807) is 0 Å². The fourth-order valence-electron chi connectivity index (χ4n) is 2.23. The van der Waals surface area contributed by atoms with Crippen LogP contribution in [0.5, 0.6) is 0 Å². The molecule has 6 heteroatoms. The molecule has 0 radical (unpaired) electrons. The normalized spacial score (nSPS) is 11.8. The van der Waals surface area contributed by atoms with E-state index >= 15 is 0 Å². The molecular weight excluding hydrogens is 291 g/mol. The first-order valence-corrected chi connectivity index (χ1v) is 8.38. The highest BCUT2D eigenvalue weighted by Gasteiger charge is 2.11. The maximum atomic E-state index is 12.8. The Labute approximate surface area is 124 Å². The molecule has 1 heterocycles. The van der Waals surface area contributed by atoms with E-state index in [0.29, 0.717) is 18.5 Å². The van der Waals surface area contributed by atoms with Crippen LogP contribution in [0.25, 0.3) is 0 Å². The van der Waals surface area contributed by atoms with Crippen LogP contribution in [-0.4, -0.2) is 19.9 Å². The van der Waals surface area contributed by atoms with E-state index in [9.17, 15) is 12.8 Å². The topological polar surface area (TPSA) is 62.0 Å². The zero-order valence-electron chi connectivity index (χ0n) is 12.1. The molecule has 2 aromatic rings. The van der Waals surface area contributed by atoms with Gasteiger partial charge in [0.05, 0.1) is 5.75 Å². The lowest BCUT2D eigenvalue weighted by molar-refractivity contribution is 0.580. The number of aromatic amines is 1. The summed E-state index contributed by atoms with van der Waals surface area (Å²) in [4.78, 5) is 3.19. The summed E-state index contributed by atoms with van der Waals surface area (Å²) >= 11 is 0. The number of aromatic nitrogens is 1. The molecule has 0 aliphatic rings. The summed E-state index contributed by atoms with van der Waals surface area (Å²) < 4.78 is 39.3. The van der Waals surface area contributed by atoms with Gasteiger partial charge in [-0.2, -0.15) is 0 Å². The lowest BCUT2D eigenvalue weighted by Gasteiger charge is -2.07. The van der Waals surface area contributed by atoms with Crippen LogP contribution in [0.1, 0.15) is 22.5 Å². The first kappa shape index (κ1) is 15.7. The monoisotopic (exact) mass is 310 g/mol. The number of H-pyrrole nitrogens is 1. The first-order chi connectivity index (χ1) is 9.85. The number of sulfonamides is 1. The predicted molar refractivity (Wildman–Crippen MR) is 81.0 cm³/mol. The number of benzene rings is 1. The molecule has 2 rings (SSSR count).